The second-order valence-electron chi connectivity index (χ2n) is 7.23. The number of thioether (sulfide) groups is 1. The van der Waals surface area contributed by atoms with Crippen molar-refractivity contribution in [2.24, 2.45) is 0 Å². The number of benzene rings is 1. The van der Waals surface area contributed by atoms with Gasteiger partial charge < -0.3 is 5.32 Å². The number of carbonyl (C=O) groups is 1. The second-order valence-corrected chi connectivity index (χ2v) is 8.22. The van der Waals surface area contributed by atoms with Crippen LogP contribution in [0.3, 0.4) is 0 Å². The summed E-state index contributed by atoms with van der Waals surface area (Å²) in [6, 6.07) is 8.32. The third kappa shape index (κ3) is 3.96. The summed E-state index contributed by atoms with van der Waals surface area (Å²) >= 11 is 1.68. The van der Waals surface area contributed by atoms with E-state index in [0.717, 1.165) is 31.3 Å². The summed E-state index contributed by atoms with van der Waals surface area (Å²) in [4.78, 5) is 18.4. The fourth-order valence-electron chi connectivity index (χ4n) is 4.01. The molecule has 26 heavy (non-hydrogen) atoms. The number of aryl methyl sites for hydroxylation is 1. The molecule has 4 heteroatoms. The Labute approximate surface area is 159 Å². The Morgan fingerprint density at radius 1 is 1.12 bits per heavy atom. The van der Waals surface area contributed by atoms with E-state index in [4.69, 9.17) is 4.98 Å². The number of nitrogens with zero attached hydrogens (tertiary/aromatic N) is 1. The predicted octanol–water partition coefficient (Wildman–Crippen LogP) is 4.82. The lowest BCUT2D eigenvalue weighted by atomic mass is 9.97. The summed E-state index contributed by atoms with van der Waals surface area (Å²) in [5.41, 5.74) is 5.17. The van der Waals surface area contributed by atoms with Crippen LogP contribution in [0.5, 0.6) is 0 Å². The van der Waals surface area contributed by atoms with E-state index in [1.54, 1.807) is 11.8 Å². The minimum atomic E-state index is 0.138. The number of amides is 1. The Morgan fingerprint density at radius 3 is 2.92 bits per heavy atom. The smallest absolute Gasteiger partial charge is 0.230 e. The molecule has 1 N–H and O–H groups in total. The molecular weight excluding hydrogens is 340 g/mol. The summed E-state index contributed by atoms with van der Waals surface area (Å²) < 4.78 is 0. The van der Waals surface area contributed by atoms with Crippen molar-refractivity contribution >= 4 is 28.6 Å². The molecule has 1 amide bonds. The van der Waals surface area contributed by atoms with Crippen LogP contribution in [0.4, 0.5) is 0 Å². The topological polar surface area (TPSA) is 42.0 Å². The van der Waals surface area contributed by atoms with Crippen molar-refractivity contribution in [1.29, 1.82) is 0 Å². The molecule has 0 saturated heterocycles. The standard InChI is InChI=1S/C22H26N2OS/c25-21(23-14-13-16-7-2-1-3-8-16)15-26-22-17-9-4-5-11-19(17)24-20-12-6-10-18(20)22/h4-5,7,9,11H,1-3,6,8,10,12-15H2,(H,23,25). The number of carbonyl (C=O) groups excluding carboxylic acids is 1. The van der Waals surface area contributed by atoms with Crippen LogP contribution in [0.25, 0.3) is 10.9 Å². The quantitative estimate of drug-likeness (QED) is 0.588. The van der Waals surface area contributed by atoms with Crippen LogP contribution >= 0.6 is 11.8 Å². The molecule has 2 aromatic rings. The zero-order chi connectivity index (χ0) is 17.8. The number of aromatic nitrogens is 1. The van der Waals surface area contributed by atoms with Gasteiger partial charge >= 0.3 is 0 Å². The first-order valence-corrected chi connectivity index (χ1v) is 10.8. The molecule has 0 radical (unpaired) electrons. The average Bonchev–Trinajstić information content (AvgIpc) is 3.14. The molecule has 0 bridgehead atoms. The lowest BCUT2D eigenvalue weighted by molar-refractivity contribution is -0.118. The average molecular weight is 367 g/mol. The Balaban J connectivity index is 1.38. The van der Waals surface area contributed by atoms with Crippen LogP contribution in [0.1, 0.15) is 49.8 Å². The number of rotatable bonds is 6. The SMILES string of the molecule is O=C(CSc1c2c(nc3ccccc13)CCC2)NCCC1=CCCCC1. The van der Waals surface area contributed by atoms with Gasteiger partial charge in [-0.25, -0.2) is 0 Å². The van der Waals surface area contributed by atoms with E-state index >= 15 is 0 Å². The monoisotopic (exact) mass is 366 g/mol. The predicted molar refractivity (Wildman–Crippen MR) is 109 cm³/mol. The highest BCUT2D eigenvalue weighted by Crippen LogP contribution is 2.36. The van der Waals surface area contributed by atoms with Gasteiger partial charge in [0.15, 0.2) is 0 Å². The van der Waals surface area contributed by atoms with E-state index in [9.17, 15) is 4.79 Å². The van der Waals surface area contributed by atoms with Gasteiger partial charge in [-0.1, -0.05) is 29.8 Å². The molecule has 1 aromatic carbocycles. The number of pyridine rings is 1. The van der Waals surface area contributed by atoms with Gasteiger partial charge in [0.05, 0.1) is 11.3 Å². The third-order valence-corrected chi connectivity index (χ3v) is 6.53. The van der Waals surface area contributed by atoms with E-state index in [1.165, 1.54) is 59.2 Å². The first-order valence-electron chi connectivity index (χ1n) is 9.79. The molecule has 4 rings (SSSR count). The minimum absolute atomic E-state index is 0.138. The van der Waals surface area contributed by atoms with Gasteiger partial charge in [0.2, 0.25) is 5.91 Å². The highest BCUT2D eigenvalue weighted by atomic mass is 32.2. The number of allylic oxidation sites excluding steroid dienone is 1. The van der Waals surface area contributed by atoms with Crippen LogP contribution in [-0.4, -0.2) is 23.2 Å². The summed E-state index contributed by atoms with van der Waals surface area (Å²) in [5, 5.41) is 4.29. The number of para-hydroxylation sites is 1. The van der Waals surface area contributed by atoms with Crippen molar-refractivity contribution in [1.82, 2.24) is 10.3 Å². The van der Waals surface area contributed by atoms with Crippen molar-refractivity contribution in [2.75, 3.05) is 12.3 Å². The Kier molecular flexibility index (Phi) is 5.59. The number of fused-ring (bicyclic) bond motifs is 2. The minimum Gasteiger partial charge on any atom is -0.355 e. The van der Waals surface area contributed by atoms with Crippen molar-refractivity contribution in [3.63, 3.8) is 0 Å². The van der Waals surface area contributed by atoms with Crippen molar-refractivity contribution in [3.8, 4) is 0 Å². The highest BCUT2D eigenvalue weighted by molar-refractivity contribution is 8.00. The maximum atomic E-state index is 12.3. The van der Waals surface area contributed by atoms with Crippen molar-refractivity contribution < 1.29 is 4.79 Å². The molecule has 0 spiro atoms. The fraction of sp³-hybridized carbons (Fsp3) is 0.455. The lowest BCUT2D eigenvalue weighted by Gasteiger charge is -2.14. The van der Waals surface area contributed by atoms with E-state index < -0.39 is 0 Å². The van der Waals surface area contributed by atoms with Crippen LogP contribution in [0.2, 0.25) is 0 Å². The van der Waals surface area contributed by atoms with E-state index in [2.05, 4.69) is 29.6 Å². The first-order chi connectivity index (χ1) is 12.8. The molecule has 1 heterocycles. The fourth-order valence-corrected chi connectivity index (χ4v) is 5.11. The van der Waals surface area contributed by atoms with Crippen molar-refractivity contribution in [3.05, 3.63) is 47.2 Å². The Hall–Kier alpha value is -1.81. The maximum Gasteiger partial charge on any atom is 0.230 e. The lowest BCUT2D eigenvalue weighted by Crippen LogP contribution is -2.26. The van der Waals surface area contributed by atoms with Crippen LogP contribution in [0.15, 0.2) is 40.8 Å². The van der Waals surface area contributed by atoms with E-state index in [0.29, 0.717) is 5.75 Å². The van der Waals surface area contributed by atoms with Crippen LogP contribution in [0, 0.1) is 0 Å². The molecule has 2 aliphatic carbocycles. The molecule has 0 saturated carbocycles. The Bertz CT molecular complexity index is 843. The van der Waals surface area contributed by atoms with Gasteiger partial charge in [0.25, 0.3) is 0 Å². The van der Waals surface area contributed by atoms with E-state index in [-0.39, 0.29) is 5.91 Å². The summed E-state index contributed by atoms with van der Waals surface area (Å²) in [6.07, 6.45) is 11.7. The maximum absolute atomic E-state index is 12.3. The molecule has 0 fully saturated rings. The Morgan fingerprint density at radius 2 is 2.04 bits per heavy atom. The molecule has 0 atom stereocenters. The molecule has 3 nitrogen and oxygen atoms in total. The highest BCUT2D eigenvalue weighted by Gasteiger charge is 2.20. The number of nitrogens with one attached hydrogen (secondary N) is 1. The number of hydrogen-bond acceptors (Lipinski definition) is 3. The molecule has 1 aromatic heterocycles. The molecule has 0 aliphatic heterocycles. The zero-order valence-electron chi connectivity index (χ0n) is 15.2. The summed E-state index contributed by atoms with van der Waals surface area (Å²) in [7, 11) is 0. The van der Waals surface area contributed by atoms with Crippen LogP contribution < -0.4 is 5.32 Å². The first kappa shape index (κ1) is 17.6. The van der Waals surface area contributed by atoms with Gasteiger partial charge in [0, 0.05) is 22.5 Å². The molecule has 136 valence electrons. The summed E-state index contributed by atoms with van der Waals surface area (Å²) in [5.74, 6) is 0.624. The third-order valence-electron chi connectivity index (χ3n) is 5.37. The van der Waals surface area contributed by atoms with E-state index in [1.807, 2.05) is 6.07 Å². The zero-order valence-corrected chi connectivity index (χ0v) is 16.0. The van der Waals surface area contributed by atoms with Gasteiger partial charge in [-0.15, -0.1) is 11.8 Å². The molecule has 0 unspecified atom stereocenters. The molecular formula is C22H26N2OS. The van der Waals surface area contributed by atoms with Gasteiger partial charge in [-0.3, -0.25) is 9.78 Å². The largest absolute Gasteiger partial charge is 0.355 e. The van der Waals surface area contributed by atoms with Crippen molar-refractivity contribution in [2.45, 2.75) is 56.3 Å². The summed E-state index contributed by atoms with van der Waals surface area (Å²) in [6.45, 7) is 0.764. The number of hydrogen-bond donors (Lipinski definition) is 1. The van der Waals surface area contributed by atoms with Gasteiger partial charge in [-0.05, 0) is 63.0 Å². The van der Waals surface area contributed by atoms with Gasteiger partial charge in [0.1, 0.15) is 0 Å². The van der Waals surface area contributed by atoms with Gasteiger partial charge in [-0.2, -0.15) is 0 Å². The normalized spacial score (nSPS) is 16.4. The second kappa shape index (κ2) is 8.26. The molecule has 2 aliphatic rings. The van der Waals surface area contributed by atoms with Crippen LogP contribution in [-0.2, 0) is 17.6 Å².